The van der Waals surface area contributed by atoms with E-state index in [4.69, 9.17) is 4.74 Å². The standard InChI is InChI=1S/C23H17F9O4S2/c1-35-16-9-8-14-19(15-16)37(17-10-4-2-5-11-17,18-12-6-3-7-13-18)36-38(33,34)23(31,32)21(26,27)20(24,25)22(28,29)30/h2-15H,1H3/p+1. The molecule has 1 N–H and O–H groups in total. The van der Waals surface area contributed by atoms with Crippen LogP contribution in [0.4, 0.5) is 39.5 Å². The normalized spacial score (nSPS) is 14.3. The maximum Gasteiger partial charge on any atom is 0.486 e. The maximum atomic E-state index is 14.8. The first-order valence-electron chi connectivity index (χ1n) is 10.2. The maximum absolute atomic E-state index is 14.8. The van der Waals surface area contributed by atoms with Crippen LogP contribution in [0, 0.1) is 0 Å². The molecule has 0 unspecified atom stereocenters. The van der Waals surface area contributed by atoms with Crippen LogP contribution in [0.1, 0.15) is 0 Å². The molecule has 0 spiro atoms. The molecule has 208 valence electrons. The summed E-state index contributed by atoms with van der Waals surface area (Å²) in [6.45, 7) is 0. The number of methoxy groups -OCH3 is 1. The van der Waals surface area contributed by atoms with Gasteiger partial charge in [-0.3, -0.25) is 3.63 Å². The summed E-state index contributed by atoms with van der Waals surface area (Å²) >= 11 is 0. The lowest BCUT2D eigenvalue weighted by atomic mass is 10.1. The minimum atomic E-state index is -7.42. The van der Waals surface area contributed by atoms with Crippen molar-refractivity contribution in [1.29, 1.82) is 0 Å². The average molecular weight is 594 g/mol. The number of rotatable bonds is 9. The third-order valence-corrected chi connectivity index (χ3v) is 10.6. The highest BCUT2D eigenvalue weighted by molar-refractivity contribution is 8.32. The molecular formula is C23H18F9O4S2+. The number of ether oxygens (including phenoxy) is 1. The van der Waals surface area contributed by atoms with Crippen LogP contribution in [0.15, 0.2) is 99.6 Å². The lowest BCUT2D eigenvalue weighted by molar-refractivity contribution is -0.382. The van der Waals surface area contributed by atoms with Crippen LogP contribution >= 0.6 is 10.3 Å². The minimum Gasteiger partial charge on any atom is -0.497 e. The van der Waals surface area contributed by atoms with Gasteiger partial charge in [-0.25, -0.2) is 0 Å². The lowest BCUT2D eigenvalue weighted by Crippen LogP contribution is -2.63. The molecule has 0 radical (unpaired) electrons. The van der Waals surface area contributed by atoms with Crippen LogP contribution in [0.25, 0.3) is 0 Å². The van der Waals surface area contributed by atoms with Crippen LogP contribution in [0.5, 0.6) is 5.75 Å². The van der Waals surface area contributed by atoms with E-state index in [1.807, 2.05) is 0 Å². The zero-order valence-electron chi connectivity index (χ0n) is 19.0. The fourth-order valence-corrected chi connectivity index (χ4v) is 8.79. The topological polar surface area (TPSA) is 56.2 Å². The van der Waals surface area contributed by atoms with Crippen LogP contribution < -0.4 is 4.74 Å². The molecule has 3 aromatic rings. The number of halogens is 9. The summed E-state index contributed by atoms with van der Waals surface area (Å²) in [6.07, 6.45) is -7.20. The summed E-state index contributed by atoms with van der Waals surface area (Å²) in [4.78, 5) is -0.450. The molecule has 0 saturated carbocycles. The van der Waals surface area contributed by atoms with E-state index in [-0.39, 0.29) is 20.4 Å². The summed E-state index contributed by atoms with van der Waals surface area (Å²) in [7, 11) is -9.84. The quantitative estimate of drug-likeness (QED) is 0.145. The molecule has 0 bridgehead atoms. The minimum absolute atomic E-state index is 0.0551. The molecule has 3 rings (SSSR count). The van der Waals surface area contributed by atoms with Gasteiger partial charge in [-0.1, -0.05) is 42.5 Å². The van der Waals surface area contributed by atoms with Gasteiger partial charge in [-0.2, -0.15) is 39.5 Å². The Bertz CT molecular complexity index is 1320. The van der Waals surface area contributed by atoms with Crippen LogP contribution in [-0.2, 0) is 10.1 Å². The Morgan fingerprint density at radius 3 is 1.50 bits per heavy atom. The lowest BCUT2D eigenvalue weighted by Gasteiger charge is -2.37. The molecule has 15 heteroatoms. The van der Waals surface area contributed by atoms with E-state index in [0.29, 0.717) is 0 Å². The number of alkyl halides is 9. The zero-order valence-corrected chi connectivity index (χ0v) is 20.6. The Balaban J connectivity index is 2.37. The second kappa shape index (κ2) is 10.0. The highest BCUT2D eigenvalue weighted by Crippen LogP contribution is 2.70. The van der Waals surface area contributed by atoms with E-state index in [1.54, 1.807) is 0 Å². The van der Waals surface area contributed by atoms with Crippen LogP contribution in [0.3, 0.4) is 0 Å². The summed E-state index contributed by atoms with van der Waals surface area (Å²) in [5.41, 5.74) is 0. The van der Waals surface area contributed by atoms with Crippen LogP contribution in [0.2, 0.25) is 0 Å². The number of hydrogen-bond donors (Lipinski definition) is 0. The summed E-state index contributed by atoms with van der Waals surface area (Å²) in [6, 6.07) is 18.2. The Hall–Kier alpha value is -2.91. The highest BCUT2D eigenvalue weighted by Gasteiger charge is 2.88. The predicted octanol–water partition coefficient (Wildman–Crippen LogP) is 7.74. The first-order valence-corrected chi connectivity index (χ1v) is 13.3. The Morgan fingerprint density at radius 1 is 0.632 bits per heavy atom. The second-order valence-electron chi connectivity index (χ2n) is 7.60. The van der Waals surface area contributed by atoms with Gasteiger partial charge in [0.1, 0.15) is 5.75 Å². The Morgan fingerprint density at radius 2 is 1.08 bits per heavy atom. The van der Waals surface area contributed by atoms with Crippen molar-refractivity contribution in [2.75, 3.05) is 7.11 Å². The molecule has 0 aliphatic carbocycles. The molecule has 0 atom stereocenters. The van der Waals surface area contributed by atoms with Gasteiger partial charge in [0.15, 0.2) is 0 Å². The second-order valence-corrected chi connectivity index (χ2v) is 12.2. The molecule has 0 saturated heterocycles. The molecule has 0 fully saturated rings. The van der Waals surface area contributed by atoms with Crippen molar-refractivity contribution >= 4 is 20.4 Å². The fourth-order valence-electron chi connectivity index (χ4n) is 3.27. The van der Waals surface area contributed by atoms with E-state index in [9.17, 15) is 47.9 Å². The molecule has 0 aromatic heterocycles. The Labute approximate surface area is 212 Å². The molecule has 38 heavy (non-hydrogen) atoms. The van der Waals surface area contributed by atoms with E-state index >= 15 is 0 Å². The monoisotopic (exact) mass is 593 g/mol. The van der Waals surface area contributed by atoms with Gasteiger partial charge in [-0.05, 0) is 42.5 Å². The fraction of sp³-hybridized carbons (Fsp3) is 0.217. The average Bonchev–Trinajstić information content (AvgIpc) is 2.87. The molecule has 4 nitrogen and oxygen atoms in total. The molecular weight excluding hydrogens is 575 g/mol. The number of benzene rings is 3. The van der Waals surface area contributed by atoms with Gasteiger partial charge >= 0.3 is 33.4 Å². The van der Waals surface area contributed by atoms with Gasteiger partial charge in [0.2, 0.25) is 0 Å². The molecule has 3 aromatic carbocycles. The predicted molar refractivity (Wildman–Crippen MR) is 121 cm³/mol. The third-order valence-electron chi connectivity index (χ3n) is 5.20. The molecule has 0 amide bonds. The molecule has 0 heterocycles. The van der Waals surface area contributed by atoms with E-state index in [2.05, 4.69) is 3.63 Å². The number of hydrogen-bond acceptors (Lipinski definition) is 3. The van der Waals surface area contributed by atoms with E-state index < -0.39 is 43.7 Å². The molecule has 0 aliphatic rings. The van der Waals surface area contributed by atoms with Gasteiger partial charge in [-0.15, -0.1) is 8.42 Å². The van der Waals surface area contributed by atoms with Crippen LogP contribution in [-0.4, -0.2) is 42.4 Å². The summed E-state index contributed by atoms with van der Waals surface area (Å²) < 4.78 is 157. The van der Waals surface area contributed by atoms with Crippen molar-refractivity contribution in [1.82, 2.24) is 0 Å². The van der Waals surface area contributed by atoms with Gasteiger partial charge in [0.25, 0.3) is 0 Å². The van der Waals surface area contributed by atoms with Gasteiger partial charge in [0.05, 0.1) is 32.1 Å². The van der Waals surface area contributed by atoms with E-state index in [0.717, 1.165) is 6.07 Å². The molecule has 0 aliphatic heterocycles. The van der Waals surface area contributed by atoms with Crippen molar-refractivity contribution in [2.45, 2.75) is 38.0 Å². The SMILES string of the molecule is COc1cccc(S([OH+]S(=O)(=O)C(F)(F)C(F)(F)C(F)(F)C(F)(F)F)(c2ccccc2)c2ccccc2)c1. The smallest absolute Gasteiger partial charge is 0.486 e. The van der Waals surface area contributed by atoms with Crippen molar-refractivity contribution < 1.29 is 56.3 Å². The summed E-state index contributed by atoms with van der Waals surface area (Å²) in [5, 5.41) is -6.99. The van der Waals surface area contributed by atoms with E-state index in [1.165, 1.54) is 86.0 Å². The van der Waals surface area contributed by atoms with Crippen molar-refractivity contribution in [3.05, 3.63) is 84.9 Å². The Kier molecular flexibility index (Phi) is 7.80. The summed E-state index contributed by atoms with van der Waals surface area (Å²) in [5.74, 6) is -14.8. The van der Waals surface area contributed by atoms with Gasteiger partial charge < -0.3 is 4.74 Å². The zero-order chi connectivity index (χ0) is 28.6. The first-order chi connectivity index (χ1) is 17.5. The van der Waals surface area contributed by atoms with Crippen molar-refractivity contribution in [2.24, 2.45) is 0 Å². The largest absolute Gasteiger partial charge is 0.497 e. The first kappa shape index (κ1) is 29.6. The third kappa shape index (κ3) is 4.71. The van der Waals surface area contributed by atoms with Gasteiger partial charge in [0, 0.05) is 0 Å². The highest BCUT2D eigenvalue weighted by atomic mass is 32.3. The van der Waals surface area contributed by atoms with Crippen molar-refractivity contribution in [3.63, 3.8) is 0 Å². The van der Waals surface area contributed by atoms with Crippen molar-refractivity contribution in [3.8, 4) is 5.75 Å².